The molecule has 0 saturated carbocycles. The van der Waals surface area contributed by atoms with Gasteiger partial charge in [-0.15, -0.1) is 0 Å². The number of rotatable bonds is 4. The maximum absolute atomic E-state index is 5.65. The van der Waals surface area contributed by atoms with E-state index in [-0.39, 0.29) is 5.95 Å². The number of aryl methyl sites for hydroxylation is 1. The standard InChI is InChI=1S/C13H17N5/c1-9-2-4-10(5-3-9)12-11(16-7-6-14)8-17-13(15)18-12/h2-5,8,16H,6-7,14H2,1H3,(H2,15,17,18). The van der Waals surface area contributed by atoms with Crippen molar-refractivity contribution in [2.75, 3.05) is 24.1 Å². The van der Waals surface area contributed by atoms with Gasteiger partial charge in [-0.2, -0.15) is 0 Å². The normalized spacial score (nSPS) is 10.3. The first-order chi connectivity index (χ1) is 8.70. The third-order valence-corrected chi connectivity index (χ3v) is 2.59. The lowest BCUT2D eigenvalue weighted by Crippen LogP contribution is -2.14. The van der Waals surface area contributed by atoms with Gasteiger partial charge in [-0.05, 0) is 6.92 Å². The molecule has 94 valence electrons. The molecule has 0 aliphatic heterocycles. The van der Waals surface area contributed by atoms with E-state index >= 15 is 0 Å². The van der Waals surface area contributed by atoms with Crippen molar-refractivity contribution >= 4 is 11.6 Å². The monoisotopic (exact) mass is 243 g/mol. The highest BCUT2D eigenvalue weighted by Crippen LogP contribution is 2.25. The van der Waals surface area contributed by atoms with Gasteiger partial charge in [0, 0.05) is 18.7 Å². The van der Waals surface area contributed by atoms with Gasteiger partial charge in [-0.25, -0.2) is 9.97 Å². The molecule has 2 aromatic rings. The second-order valence-corrected chi connectivity index (χ2v) is 4.07. The highest BCUT2D eigenvalue weighted by molar-refractivity contribution is 5.74. The zero-order valence-electron chi connectivity index (χ0n) is 10.4. The van der Waals surface area contributed by atoms with E-state index in [0.29, 0.717) is 13.1 Å². The van der Waals surface area contributed by atoms with Crippen molar-refractivity contribution in [3.8, 4) is 11.3 Å². The molecular weight excluding hydrogens is 226 g/mol. The van der Waals surface area contributed by atoms with Gasteiger partial charge >= 0.3 is 0 Å². The number of aromatic nitrogens is 2. The number of nitrogens with one attached hydrogen (secondary N) is 1. The van der Waals surface area contributed by atoms with Crippen molar-refractivity contribution in [2.24, 2.45) is 5.73 Å². The van der Waals surface area contributed by atoms with Gasteiger partial charge in [-0.3, -0.25) is 0 Å². The highest BCUT2D eigenvalue weighted by Gasteiger charge is 2.07. The predicted molar refractivity (Wildman–Crippen MR) is 74.2 cm³/mol. The molecule has 0 radical (unpaired) electrons. The molecule has 0 aliphatic rings. The largest absolute Gasteiger partial charge is 0.381 e. The summed E-state index contributed by atoms with van der Waals surface area (Å²) in [5, 5.41) is 3.20. The van der Waals surface area contributed by atoms with Crippen molar-refractivity contribution in [3.63, 3.8) is 0 Å². The summed E-state index contributed by atoms with van der Waals surface area (Å²) in [5.74, 6) is 0.267. The van der Waals surface area contributed by atoms with Crippen LogP contribution in [-0.2, 0) is 0 Å². The molecular formula is C13H17N5. The van der Waals surface area contributed by atoms with E-state index in [1.54, 1.807) is 6.20 Å². The Morgan fingerprint density at radius 2 is 1.94 bits per heavy atom. The molecule has 5 nitrogen and oxygen atoms in total. The Morgan fingerprint density at radius 3 is 2.61 bits per heavy atom. The lowest BCUT2D eigenvalue weighted by Gasteiger charge is -2.10. The van der Waals surface area contributed by atoms with Crippen LogP contribution in [0.4, 0.5) is 11.6 Å². The smallest absolute Gasteiger partial charge is 0.220 e. The van der Waals surface area contributed by atoms with Crippen LogP contribution in [0.3, 0.4) is 0 Å². The lowest BCUT2D eigenvalue weighted by atomic mass is 10.1. The molecule has 0 fully saturated rings. The van der Waals surface area contributed by atoms with Gasteiger partial charge in [-0.1, -0.05) is 29.8 Å². The van der Waals surface area contributed by atoms with E-state index < -0.39 is 0 Å². The fourth-order valence-corrected chi connectivity index (χ4v) is 1.66. The van der Waals surface area contributed by atoms with Gasteiger partial charge in [0.05, 0.1) is 17.6 Å². The van der Waals surface area contributed by atoms with Crippen LogP contribution < -0.4 is 16.8 Å². The maximum Gasteiger partial charge on any atom is 0.220 e. The van der Waals surface area contributed by atoms with E-state index in [4.69, 9.17) is 11.5 Å². The second kappa shape index (κ2) is 5.46. The van der Waals surface area contributed by atoms with Crippen LogP contribution >= 0.6 is 0 Å². The number of nitrogens with two attached hydrogens (primary N) is 2. The molecule has 2 rings (SSSR count). The summed E-state index contributed by atoms with van der Waals surface area (Å²) >= 11 is 0. The zero-order valence-corrected chi connectivity index (χ0v) is 10.4. The Kier molecular flexibility index (Phi) is 3.74. The summed E-state index contributed by atoms with van der Waals surface area (Å²) in [4.78, 5) is 8.29. The third-order valence-electron chi connectivity index (χ3n) is 2.59. The molecule has 18 heavy (non-hydrogen) atoms. The fraction of sp³-hybridized carbons (Fsp3) is 0.231. The Hall–Kier alpha value is -2.14. The Morgan fingerprint density at radius 1 is 1.22 bits per heavy atom. The van der Waals surface area contributed by atoms with Gasteiger partial charge in [0.25, 0.3) is 0 Å². The van der Waals surface area contributed by atoms with E-state index in [1.807, 2.05) is 31.2 Å². The summed E-state index contributed by atoms with van der Waals surface area (Å²) in [6, 6.07) is 8.12. The summed E-state index contributed by atoms with van der Waals surface area (Å²) in [6.45, 7) is 3.27. The quantitative estimate of drug-likeness (QED) is 0.755. The molecule has 0 atom stereocenters. The van der Waals surface area contributed by atoms with E-state index in [0.717, 1.165) is 16.9 Å². The molecule has 0 amide bonds. The van der Waals surface area contributed by atoms with E-state index in [1.165, 1.54) is 5.56 Å². The van der Waals surface area contributed by atoms with Crippen LogP contribution in [0.15, 0.2) is 30.5 Å². The number of hydrogen-bond donors (Lipinski definition) is 3. The molecule has 5 heteroatoms. The first kappa shape index (κ1) is 12.3. The van der Waals surface area contributed by atoms with Crippen molar-refractivity contribution in [1.29, 1.82) is 0 Å². The van der Waals surface area contributed by atoms with Crippen LogP contribution in [0.25, 0.3) is 11.3 Å². The van der Waals surface area contributed by atoms with E-state index in [2.05, 4.69) is 15.3 Å². The van der Waals surface area contributed by atoms with Crippen LogP contribution in [0.2, 0.25) is 0 Å². The Balaban J connectivity index is 2.40. The summed E-state index contributed by atoms with van der Waals surface area (Å²) in [6.07, 6.45) is 1.69. The minimum Gasteiger partial charge on any atom is -0.381 e. The van der Waals surface area contributed by atoms with E-state index in [9.17, 15) is 0 Å². The third kappa shape index (κ3) is 2.75. The molecule has 1 heterocycles. The Bertz CT molecular complexity index is 521. The summed E-state index contributed by atoms with van der Waals surface area (Å²) in [5.41, 5.74) is 15.0. The van der Waals surface area contributed by atoms with Gasteiger partial charge in [0.1, 0.15) is 0 Å². The summed E-state index contributed by atoms with van der Waals surface area (Å²) in [7, 11) is 0. The second-order valence-electron chi connectivity index (χ2n) is 4.07. The molecule has 0 spiro atoms. The number of nitrogen functional groups attached to an aromatic ring is 1. The van der Waals surface area contributed by atoms with Crippen LogP contribution in [-0.4, -0.2) is 23.1 Å². The molecule has 1 aromatic carbocycles. The number of nitrogens with zero attached hydrogens (tertiary/aromatic N) is 2. The molecule has 0 aliphatic carbocycles. The number of anilines is 2. The topological polar surface area (TPSA) is 89.8 Å². The molecule has 1 aromatic heterocycles. The average Bonchev–Trinajstić information content (AvgIpc) is 2.38. The Labute approximate surface area is 106 Å². The molecule has 0 unspecified atom stereocenters. The lowest BCUT2D eigenvalue weighted by molar-refractivity contribution is 1.02. The highest BCUT2D eigenvalue weighted by atomic mass is 15.0. The SMILES string of the molecule is Cc1ccc(-c2nc(N)ncc2NCCN)cc1. The fourth-order valence-electron chi connectivity index (χ4n) is 1.66. The maximum atomic E-state index is 5.65. The predicted octanol–water partition coefficient (Wildman–Crippen LogP) is 1.40. The first-order valence-electron chi connectivity index (χ1n) is 5.84. The van der Waals surface area contributed by atoms with Crippen molar-refractivity contribution in [2.45, 2.75) is 6.92 Å². The van der Waals surface area contributed by atoms with Crippen LogP contribution in [0, 0.1) is 6.92 Å². The first-order valence-corrected chi connectivity index (χ1v) is 5.84. The van der Waals surface area contributed by atoms with Crippen LogP contribution in [0.1, 0.15) is 5.56 Å². The number of hydrogen-bond acceptors (Lipinski definition) is 5. The average molecular weight is 243 g/mol. The minimum absolute atomic E-state index is 0.267. The minimum atomic E-state index is 0.267. The summed E-state index contributed by atoms with van der Waals surface area (Å²) < 4.78 is 0. The van der Waals surface area contributed by atoms with Crippen molar-refractivity contribution in [3.05, 3.63) is 36.0 Å². The van der Waals surface area contributed by atoms with Crippen LogP contribution in [0.5, 0.6) is 0 Å². The van der Waals surface area contributed by atoms with Crippen molar-refractivity contribution in [1.82, 2.24) is 9.97 Å². The van der Waals surface area contributed by atoms with Crippen molar-refractivity contribution < 1.29 is 0 Å². The molecule has 5 N–H and O–H groups in total. The molecule has 0 bridgehead atoms. The van der Waals surface area contributed by atoms with Gasteiger partial charge in [0.2, 0.25) is 5.95 Å². The zero-order chi connectivity index (χ0) is 13.0. The number of benzene rings is 1. The van der Waals surface area contributed by atoms with Gasteiger partial charge in [0.15, 0.2) is 0 Å². The van der Waals surface area contributed by atoms with Gasteiger partial charge < -0.3 is 16.8 Å². The molecule has 0 saturated heterocycles.